The van der Waals surface area contributed by atoms with Gasteiger partial charge in [-0.25, -0.2) is 4.68 Å². The number of rotatable bonds is 4. The Morgan fingerprint density at radius 2 is 2.09 bits per heavy atom. The van der Waals surface area contributed by atoms with Crippen LogP contribution in [0.2, 0.25) is 5.02 Å². The van der Waals surface area contributed by atoms with E-state index in [4.69, 9.17) is 16.7 Å². The molecule has 1 fully saturated rings. The first kappa shape index (κ1) is 19.4. The number of hydrogen-bond donors (Lipinski definition) is 2. The number of hydrogen-bond acceptors (Lipinski definition) is 4. The standard InChI is InChI=1S/C24H23ClN6O/c1-14-12-31(29-23(14)27-21-7-6-20-19(22(21)25)11-26-28-20)18-5-4-17-13-30(9-8-16(17)10-18)24(32)15-2-3-15/h4-7,10-12,15H,2-3,8-9,13H2,1H3,(H,26,28)(H,27,29). The Bertz CT molecular complexity index is 1350. The molecule has 3 heterocycles. The summed E-state index contributed by atoms with van der Waals surface area (Å²) >= 11 is 6.56. The van der Waals surface area contributed by atoms with Gasteiger partial charge in [0.05, 0.1) is 28.1 Å². The molecule has 0 spiro atoms. The highest BCUT2D eigenvalue weighted by Gasteiger charge is 2.34. The minimum absolute atomic E-state index is 0.275. The minimum atomic E-state index is 0.275. The second-order valence-electron chi connectivity index (χ2n) is 8.73. The number of aromatic amines is 1. The molecular formula is C24H23ClN6O. The predicted molar refractivity (Wildman–Crippen MR) is 125 cm³/mol. The lowest BCUT2D eigenvalue weighted by molar-refractivity contribution is -0.133. The molecule has 7 nitrogen and oxygen atoms in total. The zero-order chi connectivity index (χ0) is 21.8. The van der Waals surface area contributed by atoms with Gasteiger partial charge in [-0.2, -0.15) is 5.10 Å². The summed E-state index contributed by atoms with van der Waals surface area (Å²) in [5.41, 5.74) is 6.24. The third kappa shape index (κ3) is 3.33. The van der Waals surface area contributed by atoms with Crippen molar-refractivity contribution in [2.75, 3.05) is 11.9 Å². The van der Waals surface area contributed by atoms with E-state index >= 15 is 0 Å². The van der Waals surface area contributed by atoms with Crippen molar-refractivity contribution in [3.05, 3.63) is 64.4 Å². The molecule has 4 aromatic rings. The maximum absolute atomic E-state index is 12.4. The van der Waals surface area contributed by atoms with Crippen LogP contribution in [-0.2, 0) is 17.8 Å². The van der Waals surface area contributed by atoms with Crippen LogP contribution in [0, 0.1) is 12.8 Å². The van der Waals surface area contributed by atoms with Gasteiger partial charge in [-0.15, -0.1) is 5.10 Å². The molecule has 0 bridgehead atoms. The molecule has 1 aliphatic carbocycles. The van der Waals surface area contributed by atoms with Crippen molar-refractivity contribution in [3.8, 4) is 5.69 Å². The van der Waals surface area contributed by atoms with Gasteiger partial charge in [0, 0.05) is 36.2 Å². The molecule has 2 aromatic carbocycles. The molecular weight excluding hydrogens is 424 g/mol. The van der Waals surface area contributed by atoms with Gasteiger partial charge in [0.1, 0.15) is 0 Å². The highest BCUT2D eigenvalue weighted by Crippen LogP contribution is 2.34. The maximum atomic E-state index is 12.4. The van der Waals surface area contributed by atoms with E-state index in [1.165, 1.54) is 11.1 Å². The monoisotopic (exact) mass is 446 g/mol. The number of H-pyrrole nitrogens is 1. The second kappa shape index (κ2) is 7.38. The minimum Gasteiger partial charge on any atom is -0.338 e. The van der Waals surface area contributed by atoms with Crippen LogP contribution in [0.4, 0.5) is 11.5 Å². The lowest BCUT2D eigenvalue weighted by Gasteiger charge is -2.29. The highest BCUT2D eigenvalue weighted by atomic mass is 35.5. The Kier molecular flexibility index (Phi) is 4.47. The van der Waals surface area contributed by atoms with Crippen molar-refractivity contribution in [2.24, 2.45) is 5.92 Å². The van der Waals surface area contributed by atoms with Gasteiger partial charge in [0.25, 0.3) is 0 Å². The summed E-state index contributed by atoms with van der Waals surface area (Å²) in [6.07, 6.45) is 6.72. The second-order valence-corrected chi connectivity index (χ2v) is 9.10. The number of carbonyl (C=O) groups excluding carboxylic acids is 1. The average molecular weight is 447 g/mol. The predicted octanol–water partition coefficient (Wildman–Crippen LogP) is 4.75. The molecule has 0 radical (unpaired) electrons. The first-order valence-electron chi connectivity index (χ1n) is 10.9. The largest absolute Gasteiger partial charge is 0.338 e. The molecule has 2 N–H and O–H groups in total. The van der Waals surface area contributed by atoms with Crippen molar-refractivity contribution in [1.82, 2.24) is 24.9 Å². The van der Waals surface area contributed by atoms with E-state index in [0.29, 0.717) is 17.5 Å². The molecule has 0 atom stereocenters. The van der Waals surface area contributed by atoms with Gasteiger partial charge < -0.3 is 10.2 Å². The average Bonchev–Trinajstić information content (AvgIpc) is 3.43. The molecule has 1 amide bonds. The van der Waals surface area contributed by atoms with Crippen LogP contribution in [0.1, 0.15) is 29.5 Å². The van der Waals surface area contributed by atoms with E-state index in [0.717, 1.165) is 59.5 Å². The van der Waals surface area contributed by atoms with E-state index in [2.05, 4.69) is 33.7 Å². The summed E-state index contributed by atoms with van der Waals surface area (Å²) in [5.74, 6) is 1.36. The lowest BCUT2D eigenvalue weighted by Crippen LogP contribution is -2.36. The molecule has 8 heteroatoms. The summed E-state index contributed by atoms with van der Waals surface area (Å²) < 4.78 is 1.89. The number of nitrogens with zero attached hydrogens (tertiary/aromatic N) is 4. The molecule has 2 aliphatic rings. The van der Waals surface area contributed by atoms with Gasteiger partial charge in [-0.05, 0) is 61.6 Å². The molecule has 162 valence electrons. The number of fused-ring (bicyclic) bond motifs is 2. The molecule has 6 rings (SSSR count). The van der Waals surface area contributed by atoms with E-state index in [-0.39, 0.29) is 5.92 Å². The Labute approximate surface area is 190 Å². The van der Waals surface area contributed by atoms with Gasteiger partial charge >= 0.3 is 0 Å². The van der Waals surface area contributed by atoms with Crippen LogP contribution in [0.15, 0.2) is 42.7 Å². The number of nitrogens with one attached hydrogen (secondary N) is 2. The summed E-state index contributed by atoms with van der Waals surface area (Å²) in [5, 5.41) is 16.6. The van der Waals surface area contributed by atoms with Crippen molar-refractivity contribution >= 4 is 39.9 Å². The Morgan fingerprint density at radius 3 is 2.94 bits per heavy atom. The van der Waals surface area contributed by atoms with E-state index in [1.807, 2.05) is 34.8 Å². The topological polar surface area (TPSA) is 78.8 Å². The SMILES string of the molecule is Cc1cn(-c2ccc3c(c2)CCN(C(=O)C2CC2)C3)nc1Nc1ccc2[nH]ncc2c1Cl. The number of aromatic nitrogens is 4. The summed E-state index contributed by atoms with van der Waals surface area (Å²) in [6.45, 7) is 3.53. The first-order valence-corrected chi connectivity index (χ1v) is 11.3. The normalized spacial score (nSPS) is 15.8. The van der Waals surface area contributed by atoms with Crippen LogP contribution in [-0.4, -0.2) is 37.3 Å². The Balaban J connectivity index is 1.25. The van der Waals surface area contributed by atoms with Crippen LogP contribution in [0.5, 0.6) is 0 Å². The zero-order valence-electron chi connectivity index (χ0n) is 17.7. The summed E-state index contributed by atoms with van der Waals surface area (Å²) in [7, 11) is 0. The van der Waals surface area contributed by atoms with Crippen molar-refractivity contribution in [2.45, 2.75) is 32.7 Å². The van der Waals surface area contributed by atoms with Crippen molar-refractivity contribution in [3.63, 3.8) is 0 Å². The third-order valence-electron chi connectivity index (χ3n) is 6.41. The highest BCUT2D eigenvalue weighted by molar-refractivity contribution is 6.38. The molecule has 2 aromatic heterocycles. The maximum Gasteiger partial charge on any atom is 0.225 e. The molecule has 32 heavy (non-hydrogen) atoms. The first-order chi connectivity index (χ1) is 15.6. The van der Waals surface area contributed by atoms with Crippen LogP contribution < -0.4 is 5.32 Å². The fourth-order valence-corrected chi connectivity index (χ4v) is 4.64. The summed E-state index contributed by atoms with van der Waals surface area (Å²) in [6, 6.07) is 10.3. The smallest absolute Gasteiger partial charge is 0.225 e. The van der Waals surface area contributed by atoms with Crippen LogP contribution >= 0.6 is 11.6 Å². The van der Waals surface area contributed by atoms with E-state index in [1.54, 1.807) is 6.20 Å². The number of aryl methyl sites for hydroxylation is 1. The van der Waals surface area contributed by atoms with Gasteiger partial charge in [0.2, 0.25) is 5.91 Å². The van der Waals surface area contributed by atoms with Crippen molar-refractivity contribution in [1.29, 1.82) is 0 Å². The Hall–Kier alpha value is -3.32. The van der Waals surface area contributed by atoms with E-state index < -0.39 is 0 Å². The molecule has 0 saturated heterocycles. The fourth-order valence-electron chi connectivity index (χ4n) is 4.38. The Morgan fingerprint density at radius 1 is 1.22 bits per heavy atom. The number of halogens is 1. The van der Waals surface area contributed by atoms with Gasteiger partial charge in [-0.3, -0.25) is 9.89 Å². The van der Waals surface area contributed by atoms with Crippen molar-refractivity contribution < 1.29 is 4.79 Å². The van der Waals surface area contributed by atoms with E-state index in [9.17, 15) is 4.79 Å². The third-order valence-corrected chi connectivity index (χ3v) is 6.82. The number of carbonyl (C=O) groups is 1. The molecule has 0 unspecified atom stereocenters. The number of amides is 1. The quantitative estimate of drug-likeness (QED) is 0.474. The van der Waals surface area contributed by atoms with Gasteiger partial charge in [-0.1, -0.05) is 17.7 Å². The molecule has 1 saturated carbocycles. The summed E-state index contributed by atoms with van der Waals surface area (Å²) in [4.78, 5) is 14.4. The number of benzene rings is 2. The number of anilines is 2. The van der Waals surface area contributed by atoms with Gasteiger partial charge in [0.15, 0.2) is 5.82 Å². The van der Waals surface area contributed by atoms with Crippen LogP contribution in [0.25, 0.3) is 16.6 Å². The fraction of sp³-hybridized carbons (Fsp3) is 0.292. The zero-order valence-corrected chi connectivity index (χ0v) is 18.5. The molecule has 1 aliphatic heterocycles. The lowest BCUT2D eigenvalue weighted by atomic mass is 9.98. The van der Waals surface area contributed by atoms with Crippen LogP contribution in [0.3, 0.4) is 0 Å².